The largest absolute Gasteiger partial charge is 0.352 e. The van der Waals surface area contributed by atoms with Gasteiger partial charge in [-0.3, -0.25) is 9.59 Å². The van der Waals surface area contributed by atoms with Crippen LogP contribution >= 0.6 is 23.4 Å². The lowest BCUT2D eigenvalue weighted by Crippen LogP contribution is -2.26. The van der Waals surface area contributed by atoms with Crippen molar-refractivity contribution < 1.29 is 18.4 Å². The van der Waals surface area contributed by atoms with E-state index in [-0.39, 0.29) is 11.6 Å². The number of nitrogens with one attached hydrogen (secondary N) is 2. The number of halogens is 3. The van der Waals surface area contributed by atoms with Gasteiger partial charge < -0.3 is 15.2 Å². The number of thioether (sulfide) groups is 1. The second-order valence-corrected chi connectivity index (χ2v) is 8.71. The summed E-state index contributed by atoms with van der Waals surface area (Å²) in [6.07, 6.45) is 0.895. The third kappa shape index (κ3) is 6.52. The van der Waals surface area contributed by atoms with Crippen LogP contribution in [0.3, 0.4) is 0 Å². The molecule has 0 radical (unpaired) electrons. The van der Waals surface area contributed by atoms with Crippen molar-refractivity contribution >= 4 is 40.9 Å². The van der Waals surface area contributed by atoms with Crippen LogP contribution < -0.4 is 10.6 Å². The summed E-state index contributed by atoms with van der Waals surface area (Å²) in [4.78, 5) is 24.8. The molecule has 0 aliphatic rings. The third-order valence-corrected chi connectivity index (χ3v) is 6.42. The monoisotopic (exact) mass is 493 g/mol. The fourth-order valence-electron chi connectivity index (χ4n) is 2.91. The SMILES string of the molecule is CCC(Sc1nnc(CCNC(=O)c2ccc(Cl)cc2)n1C)C(=O)Nc1ccc(F)cc1F. The summed E-state index contributed by atoms with van der Waals surface area (Å²) in [6.45, 7) is 2.17. The van der Waals surface area contributed by atoms with Gasteiger partial charge in [0.2, 0.25) is 5.91 Å². The standard InChI is InChI=1S/C22H22ClF2N5O2S/c1-3-18(21(32)27-17-9-8-15(24)12-16(17)25)33-22-29-28-19(30(22)2)10-11-26-20(31)13-4-6-14(23)7-5-13/h4-9,12,18H,3,10-11H2,1-2H3,(H,26,31)(H,27,32). The average molecular weight is 494 g/mol. The highest BCUT2D eigenvalue weighted by Gasteiger charge is 2.22. The van der Waals surface area contributed by atoms with Crippen molar-refractivity contribution in [3.63, 3.8) is 0 Å². The maximum atomic E-state index is 13.8. The maximum absolute atomic E-state index is 13.8. The highest BCUT2D eigenvalue weighted by molar-refractivity contribution is 8.00. The van der Waals surface area contributed by atoms with Gasteiger partial charge in [0.25, 0.3) is 5.91 Å². The second-order valence-electron chi connectivity index (χ2n) is 7.10. The molecular weight excluding hydrogens is 472 g/mol. The molecule has 0 spiro atoms. The Morgan fingerprint density at radius 1 is 1.15 bits per heavy atom. The molecule has 0 fully saturated rings. The zero-order chi connectivity index (χ0) is 24.0. The number of hydrogen-bond donors (Lipinski definition) is 2. The van der Waals surface area contributed by atoms with Crippen molar-refractivity contribution in [2.45, 2.75) is 30.2 Å². The minimum atomic E-state index is -0.843. The molecular formula is C22H22ClF2N5O2S. The van der Waals surface area contributed by atoms with E-state index in [1.54, 1.807) is 35.9 Å². The maximum Gasteiger partial charge on any atom is 0.251 e. The molecule has 0 bridgehead atoms. The molecule has 7 nitrogen and oxygen atoms in total. The molecule has 2 N–H and O–H groups in total. The summed E-state index contributed by atoms with van der Waals surface area (Å²) in [5.41, 5.74) is 0.415. The Morgan fingerprint density at radius 3 is 2.55 bits per heavy atom. The Bertz CT molecular complexity index is 1140. The molecule has 1 heterocycles. The molecule has 174 valence electrons. The first-order chi connectivity index (χ1) is 15.8. The summed E-state index contributed by atoms with van der Waals surface area (Å²) >= 11 is 7.02. The van der Waals surface area contributed by atoms with Gasteiger partial charge in [-0.15, -0.1) is 10.2 Å². The predicted octanol–water partition coefficient (Wildman–Crippen LogP) is 4.23. The summed E-state index contributed by atoms with van der Waals surface area (Å²) < 4.78 is 28.7. The molecule has 2 aromatic carbocycles. The third-order valence-electron chi connectivity index (χ3n) is 4.77. The normalized spacial score (nSPS) is 11.8. The van der Waals surface area contributed by atoms with Crippen LogP contribution in [0.4, 0.5) is 14.5 Å². The van der Waals surface area contributed by atoms with Gasteiger partial charge in [-0.05, 0) is 42.8 Å². The zero-order valence-electron chi connectivity index (χ0n) is 17.9. The lowest BCUT2D eigenvalue weighted by Gasteiger charge is -2.14. The highest BCUT2D eigenvalue weighted by Crippen LogP contribution is 2.26. The number of rotatable bonds is 9. The van der Waals surface area contributed by atoms with E-state index >= 15 is 0 Å². The Balaban J connectivity index is 1.56. The van der Waals surface area contributed by atoms with Gasteiger partial charge in [-0.2, -0.15) is 0 Å². The molecule has 0 saturated carbocycles. The van der Waals surface area contributed by atoms with E-state index in [1.165, 1.54) is 17.8 Å². The van der Waals surface area contributed by atoms with Gasteiger partial charge in [0.1, 0.15) is 17.5 Å². The summed E-state index contributed by atoms with van der Waals surface area (Å²) in [5.74, 6) is -1.58. The van der Waals surface area contributed by atoms with Crippen LogP contribution in [0, 0.1) is 11.6 Å². The van der Waals surface area contributed by atoms with Crippen LogP contribution in [0.2, 0.25) is 5.02 Å². The van der Waals surface area contributed by atoms with Crippen LogP contribution in [0.1, 0.15) is 29.5 Å². The zero-order valence-corrected chi connectivity index (χ0v) is 19.5. The summed E-state index contributed by atoms with van der Waals surface area (Å²) in [6, 6.07) is 9.54. The Hall–Kier alpha value is -2.98. The van der Waals surface area contributed by atoms with Gasteiger partial charge >= 0.3 is 0 Å². The van der Waals surface area contributed by atoms with E-state index in [0.717, 1.165) is 6.07 Å². The van der Waals surface area contributed by atoms with E-state index in [9.17, 15) is 18.4 Å². The Kier molecular flexibility index (Phi) is 8.40. The van der Waals surface area contributed by atoms with E-state index in [2.05, 4.69) is 20.8 Å². The second kappa shape index (κ2) is 11.2. The fraction of sp³-hybridized carbons (Fsp3) is 0.273. The number of amides is 2. The van der Waals surface area contributed by atoms with E-state index in [0.29, 0.717) is 47.0 Å². The molecule has 11 heteroatoms. The van der Waals surface area contributed by atoms with Gasteiger partial charge in [0.15, 0.2) is 5.16 Å². The summed E-state index contributed by atoms with van der Waals surface area (Å²) in [5, 5.41) is 14.1. The Morgan fingerprint density at radius 2 is 1.88 bits per heavy atom. The van der Waals surface area contributed by atoms with Crippen molar-refractivity contribution in [1.82, 2.24) is 20.1 Å². The minimum Gasteiger partial charge on any atom is -0.352 e. The van der Waals surface area contributed by atoms with Gasteiger partial charge in [0, 0.05) is 36.7 Å². The topological polar surface area (TPSA) is 88.9 Å². The molecule has 1 aromatic heterocycles. The van der Waals surface area contributed by atoms with Gasteiger partial charge in [-0.1, -0.05) is 30.3 Å². The van der Waals surface area contributed by atoms with Crippen molar-refractivity contribution in [1.29, 1.82) is 0 Å². The van der Waals surface area contributed by atoms with Crippen LogP contribution in [-0.2, 0) is 18.3 Å². The fourth-order valence-corrected chi connectivity index (χ4v) is 3.97. The van der Waals surface area contributed by atoms with Crippen LogP contribution in [0.15, 0.2) is 47.6 Å². The van der Waals surface area contributed by atoms with Crippen LogP contribution in [0.25, 0.3) is 0 Å². The smallest absolute Gasteiger partial charge is 0.251 e. The molecule has 0 aliphatic heterocycles. The van der Waals surface area contributed by atoms with Crippen molar-refractivity contribution in [2.24, 2.45) is 7.05 Å². The van der Waals surface area contributed by atoms with Crippen molar-refractivity contribution in [3.05, 3.63) is 70.5 Å². The van der Waals surface area contributed by atoms with Crippen LogP contribution in [0.5, 0.6) is 0 Å². The number of benzene rings is 2. The lowest BCUT2D eigenvalue weighted by molar-refractivity contribution is -0.115. The number of carbonyl (C=O) groups is 2. The number of anilines is 1. The first-order valence-electron chi connectivity index (χ1n) is 10.1. The molecule has 3 rings (SSSR count). The molecule has 1 unspecified atom stereocenters. The first-order valence-corrected chi connectivity index (χ1v) is 11.4. The number of nitrogens with zero attached hydrogens (tertiary/aromatic N) is 3. The quantitative estimate of drug-likeness (QED) is 0.435. The predicted molar refractivity (Wildman–Crippen MR) is 123 cm³/mol. The van der Waals surface area contributed by atoms with E-state index in [4.69, 9.17) is 11.6 Å². The van der Waals surface area contributed by atoms with Gasteiger partial charge in [-0.25, -0.2) is 8.78 Å². The van der Waals surface area contributed by atoms with E-state index < -0.39 is 22.8 Å². The lowest BCUT2D eigenvalue weighted by atomic mass is 10.2. The Labute approximate surface area is 198 Å². The van der Waals surface area contributed by atoms with Crippen LogP contribution in [-0.4, -0.2) is 38.4 Å². The van der Waals surface area contributed by atoms with Crippen molar-refractivity contribution in [3.8, 4) is 0 Å². The number of hydrogen-bond acceptors (Lipinski definition) is 5. The van der Waals surface area contributed by atoms with Crippen molar-refractivity contribution in [2.75, 3.05) is 11.9 Å². The van der Waals surface area contributed by atoms with Gasteiger partial charge in [0.05, 0.1) is 10.9 Å². The average Bonchev–Trinajstić information content (AvgIpc) is 3.13. The highest BCUT2D eigenvalue weighted by atomic mass is 35.5. The molecule has 33 heavy (non-hydrogen) atoms. The van der Waals surface area contributed by atoms with E-state index in [1.807, 2.05) is 6.92 Å². The molecule has 3 aromatic rings. The number of carbonyl (C=O) groups excluding carboxylic acids is 2. The summed E-state index contributed by atoms with van der Waals surface area (Å²) in [7, 11) is 1.77. The first kappa shape index (κ1) is 24.7. The molecule has 1 atom stereocenters. The minimum absolute atomic E-state index is 0.0875. The molecule has 0 saturated heterocycles. The molecule has 2 amide bonds. The molecule has 0 aliphatic carbocycles. The number of aromatic nitrogens is 3.